The van der Waals surface area contributed by atoms with Crippen LogP contribution < -0.4 is 4.74 Å². The second-order valence-corrected chi connectivity index (χ2v) is 5.99. The quantitative estimate of drug-likeness (QED) is 0.415. The number of methoxy groups -OCH3 is 1. The van der Waals surface area contributed by atoms with Crippen molar-refractivity contribution in [2.24, 2.45) is 5.92 Å². The number of carbonyl (C=O) groups is 1. The van der Waals surface area contributed by atoms with Gasteiger partial charge in [0, 0.05) is 5.92 Å². The molecule has 1 aromatic rings. The predicted octanol–water partition coefficient (Wildman–Crippen LogP) is 4.70. The fraction of sp³-hybridized carbons (Fsp3) is 0.444. The fourth-order valence-corrected chi connectivity index (χ4v) is 2.94. The van der Waals surface area contributed by atoms with Crippen LogP contribution >= 0.6 is 12.2 Å². The molecule has 0 aliphatic carbocycles. The highest BCUT2D eigenvalue weighted by Crippen LogP contribution is 2.34. The van der Waals surface area contributed by atoms with Crippen LogP contribution in [0.3, 0.4) is 0 Å². The molecule has 1 atom stereocenters. The van der Waals surface area contributed by atoms with E-state index < -0.39 is 0 Å². The van der Waals surface area contributed by atoms with Gasteiger partial charge in [0.05, 0.1) is 7.11 Å². The second kappa shape index (κ2) is 8.08. The average molecular weight is 304 g/mol. The van der Waals surface area contributed by atoms with E-state index in [1.54, 1.807) is 13.2 Å². The highest BCUT2D eigenvalue weighted by Gasteiger charge is 2.20. The summed E-state index contributed by atoms with van der Waals surface area (Å²) < 4.78 is 5.42. The molecule has 0 fully saturated rings. The highest BCUT2D eigenvalue weighted by molar-refractivity contribution is 7.80. The Balaban J connectivity index is 3.45. The number of hydrogen-bond donors (Lipinski definition) is 0. The Morgan fingerprint density at radius 1 is 1.33 bits per heavy atom. The van der Waals surface area contributed by atoms with Gasteiger partial charge in [-0.3, -0.25) is 4.79 Å². The molecule has 0 heterocycles. The van der Waals surface area contributed by atoms with Gasteiger partial charge < -0.3 is 4.74 Å². The van der Waals surface area contributed by atoms with Crippen molar-refractivity contribution in [1.82, 2.24) is 0 Å². The van der Waals surface area contributed by atoms with Gasteiger partial charge in [-0.05, 0) is 66.5 Å². The van der Waals surface area contributed by atoms with Crippen LogP contribution in [0.2, 0.25) is 0 Å². The van der Waals surface area contributed by atoms with Crippen molar-refractivity contribution in [3.8, 4) is 5.75 Å². The van der Waals surface area contributed by atoms with Crippen LogP contribution in [0.15, 0.2) is 18.2 Å². The number of aldehydes is 1. The van der Waals surface area contributed by atoms with Crippen LogP contribution in [0.5, 0.6) is 5.75 Å². The highest BCUT2D eigenvalue weighted by atomic mass is 32.1. The summed E-state index contributed by atoms with van der Waals surface area (Å²) in [5.41, 5.74) is 4.27. The van der Waals surface area contributed by atoms with Crippen molar-refractivity contribution < 1.29 is 9.53 Å². The normalized spacial score (nSPS) is 12.9. The molecule has 0 saturated heterocycles. The first-order valence-corrected chi connectivity index (χ1v) is 7.68. The summed E-state index contributed by atoms with van der Waals surface area (Å²) in [6.07, 6.45) is 4.47. The summed E-state index contributed by atoms with van der Waals surface area (Å²) in [5, 5.41) is 0. The maximum absolute atomic E-state index is 11.1. The molecule has 0 spiro atoms. The van der Waals surface area contributed by atoms with Gasteiger partial charge in [-0.1, -0.05) is 31.6 Å². The Morgan fingerprint density at radius 3 is 2.48 bits per heavy atom. The molecule has 0 saturated carbocycles. The number of allylic oxidation sites excluding steroid dienone is 2. The topological polar surface area (TPSA) is 26.3 Å². The van der Waals surface area contributed by atoms with Crippen LogP contribution in [-0.2, 0) is 4.79 Å². The molecule has 1 rings (SSSR count). The lowest BCUT2D eigenvalue weighted by atomic mass is 9.84. The predicted molar refractivity (Wildman–Crippen MR) is 93.2 cm³/mol. The maximum atomic E-state index is 11.1. The molecule has 0 aliphatic heterocycles. The molecule has 21 heavy (non-hydrogen) atoms. The first-order chi connectivity index (χ1) is 9.96. The second-order valence-electron chi connectivity index (χ2n) is 5.35. The smallest absolute Gasteiger partial charge is 0.143 e. The van der Waals surface area contributed by atoms with Gasteiger partial charge in [0.1, 0.15) is 12.0 Å². The first kappa shape index (κ1) is 17.6. The van der Waals surface area contributed by atoms with Crippen molar-refractivity contribution in [2.75, 3.05) is 7.11 Å². The lowest BCUT2D eigenvalue weighted by molar-refractivity contribution is -0.104. The summed E-state index contributed by atoms with van der Waals surface area (Å²) in [7, 11) is 1.67. The van der Waals surface area contributed by atoms with Gasteiger partial charge in [-0.25, -0.2) is 0 Å². The number of carbonyl (C=O) groups excluding carboxylic acids is 1. The standard InChI is InChI=1S/C18H24O2S/c1-6-7-15(14(4)21)16(8-9-19)17-11-18(20-5)13(3)10-12(17)2/h8-11,15H,6-7H2,1-5H3/b16-8+. The molecule has 2 nitrogen and oxygen atoms in total. The van der Waals surface area contributed by atoms with E-state index in [0.717, 1.165) is 52.0 Å². The number of benzene rings is 1. The van der Waals surface area contributed by atoms with Crippen molar-refractivity contribution in [2.45, 2.75) is 40.5 Å². The van der Waals surface area contributed by atoms with Gasteiger partial charge in [0.15, 0.2) is 0 Å². The van der Waals surface area contributed by atoms with Crippen molar-refractivity contribution in [1.29, 1.82) is 0 Å². The number of ether oxygens (including phenoxy) is 1. The number of thiocarbonyl (C=S) groups is 1. The summed E-state index contributed by atoms with van der Waals surface area (Å²) in [6, 6.07) is 4.11. The Morgan fingerprint density at radius 2 is 2.00 bits per heavy atom. The third-order valence-corrected chi connectivity index (χ3v) is 4.03. The third kappa shape index (κ3) is 4.24. The zero-order chi connectivity index (χ0) is 16.0. The van der Waals surface area contributed by atoms with E-state index in [1.807, 2.05) is 19.9 Å². The SMILES string of the molecule is CCCC(C(C)=S)/C(=C\C=O)c1cc(OC)c(C)cc1C. The van der Waals surface area contributed by atoms with Gasteiger partial charge >= 0.3 is 0 Å². The van der Waals surface area contributed by atoms with Crippen LogP contribution in [0.25, 0.3) is 5.57 Å². The van der Waals surface area contributed by atoms with Gasteiger partial charge in [-0.2, -0.15) is 0 Å². The Labute approximate surface area is 133 Å². The van der Waals surface area contributed by atoms with E-state index in [4.69, 9.17) is 17.0 Å². The molecule has 0 bridgehead atoms. The van der Waals surface area contributed by atoms with E-state index >= 15 is 0 Å². The first-order valence-electron chi connectivity index (χ1n) is 7.27. The van der Waals surface area contributed by atoms with E-state index in [2.05, 4.69) is 19.9 Å². The Bertz CT molecular complexity index is 559. The molecule has 0 N–H and O–H groups in total. The number of rotatable bonds is 7. The molecule has 114 valence electrons. The monoisotopic (exact) mass is 304 g/mol. The van der Waals surface area contributed by atoms with Gasteiger partial charge in [-0.15, -0.1) is 0 Å². The van der Waals surface area contributed by atoms with Crippen LogP contribution in [-0.4, -0.2) is 18.3 Å². The summed E-state index contributed by atoms with van der Waals surface area (Å²) in [5.74, 6) is 0.964. The van der Waals surface area contributed by atoms with Crippen LogP contribution in [0.1, 0.15) is 43.4 Å². The number of aryl methyl sites for hydroxylation is 2. The van der Waals surface area contributed by atoms with E-state index in [1.165, 1.54) is 0 Å². The minimum absolute atomic E-state index is 0.126. The van der Waals surface area contributed by atoms with E-state index in [9.17, 15) is 4.79 Å². The van der Waals surface area contributed by atoms with Gasteiger partial charge in [0.25, 0.3) is 0 Å². The fourth-order valence-electron chi connectivity index (χ4n) is 2.70. The molecule has 0 aliphatic rings. The molecular formula is C18H24O2S. The molecule has 0 radical (unpaired) electrons. The van der Waals surface area contributed by atoms with Crippen molar-refractivity contribution in [3.63, 3.8) is 0 Å². The maximum Gasteiger partial charge on any atom is 0.143 e. The minimum Gasteiger partial charge on any atom is -0.496 e. The zero-order valence-electron chi connectivity index (χ0n) is 13.5. The van der Waals surface area contributed by atoms with Crippen LogP contribution in [0.4, 0.5) is 0 Å². The van der Waals surface area contributed by atoms with Gasteiger partial charge in [0.2, 0.25) is 0 Å². The van der Waals surface area contributed by atoms with E-state index in [0.29, 0.717) is 0 Å². The molecule has 1 unspecified atom stereocenters. The Kier molecular flexibility index (Phi) is 6.76. The zero-order valence-corrected chi connectivity index (χ0v) is 14.3. The van der Waals surface area contributed by atoms with E-state index in [-0.39, 0.29) is 5.92 Å². The lowest BCUT2D eigenvalue weighted by Gasteiger charge is -2.22. The van der Waals surface area contributed by atoms with Crippen LogP contribution in [0, 0.1) is 19.8 Å². The molecule has 0 aromatic heterocycles. The molecular weight excluding hydrogens is 280 g/mol. The van der Waals surface area contributed by atoms with Crippen molar-refractivity contribution >= 4 is 28.9 Å². The third-order valence-electron chi connectivity index (χ3n) is 3.74. The minimum atomic E-state index is 0.126. The molecule has 0 amide bonds. The largest absolute Gasteiger partial charge is 0.496 e. The summed E-state index contributed by atoms with van der Waals surface area (Å²) in [6.45, 7) is 8.16. The summed E-state index contributed by atoms with van der Waals surface area (Å²) in [4.78, 5) is 12.0. The molecule has 3 heteroatoms. The van der Waals surface area contributed by atoms with Crippen molar-refractivity contribution in [3.05, 3.63) is 34.9 Å². The summed E-state index contributed by atoms with van der Waals surface area (Å²) >= 11 is 5.42. The average Bonchev–Trinajstić information content (AvgIpc) is 2.43. The Hall–Kier alpha value is -1.48. The molecule has 1 aromatic carbocycles. The number of hydrogen-bond acceptors (Lipinski definition) is 3. The lowest BCUT2D eigenvalue weighted by Crippen LogP contribution is -2.13.